The Balaban J connectivity index is 0.000000423. The van der Waals surface area contributed by atoms with Crippen LogP contribution in [0.3, 0.4) is 0 Å². The summed E-state index contributed by atoms with van der Waals surface area (Å²) in [5.41, 5.74) is 1.24. The van der Waals surface area contributed by atoms with E-state index >= 15 is 0 Å². The Bertz CT molecular complexity index is 298. The molecule has 0 N–H and O–H groups in total. The van der Waals surface area contributed by atoms with Crippen molar-refractivity contribution in [3.05, 3.63) is 79.9 Å². The van der Waals surface area contributed by atoms with E-state index in [1.54, 1.807) is 12.2 Å². The lowest BCUT2D eigenvalue weighted by Crippen LogP contribution is -1.67. The third-order valence-electron chi connectivity index (χ3n) is 1.58. The van der Waals surface area contributed by atoms with Crippen LogP contribution in [0.1, 0.15) is 12.0 Å². The average Bonchev–Trinajstić information content (AvgIpc) is 2.31. The van der Waals surface area contributed by atoms with Gasteiger partial charge < -0.3 is 0 Å². The van der Waals surface area contributed by atoms with Gasteiger partial charge in [-0.3, -0.25) is 0 Å². The summed E-state index contributed by atoms with van der Waals surface area (Å²) in [4.78, 5) is 0. The minimum atomic E-state index is 0.939. The third-order valence-corrected chi connectivity index (χ3v) is 1.58. The van der Waals surface area contributed by atoms with Crippen LogP contribution in [-0.4, -0.2) is 0 Å². The molecule has 1 aromatic rings. The fourth-order valence-electron chi connectivity index (χ4n) is 0.864. The molecule has 78 valence electrons. The molecule has 0 aliphatic heterocycles. The molecule has 0 atom stereocenters. The van der Waals surface area contributed by atoms with Crippen molar-refractivity contribution in [1.82, 2.24) is 0 Å². The fraction of sp³-hybridized carbons (Fsp3) is 0.0667. The van der Waals surface area contributed by atoms with Gasteiger partial charge in [-0.2, -0.15) is 0 Å². The first kappa shape index (κ1) is 13.2. The number of allylic oxidation sites excluding steroid dienone is 4. The number of hydrogen-bond donors (Lipinski definition) is 0. The van der Waals surface area contributed by atoms with Crippen molar-refractivity contribution in [2.75, 3.05) is 0 Å². The van der Waals surface area contributed by atoms with Gasteiger partial charge in [0.15, 0.2) is 0 Å². The molecule has 0 aliphatic carbocycles. The summed E-state index contributed by atoms with van der Waals surface area (Å²) < 4.78 is 0. The molecule has 1 rings (SSSR count). The van der Waals surface area contributed by atoms with Crippen LogP contribution >= 0.6 is 0 Å². The molecular weight excluding hydrogens is 180 g/mol. The van der Waals surface area contributed by atoms with Gasteiger partial charge in [0.2, 0.25) is 0 Å². The second kappa shape index (κ2) is 10.3. The second-order valence-corrected chi connectivity index (χ2v) is 2.81. The smallest absolute Gasteiger partial charge is 0.0169 e. The molecule has 15 heavy (non-hydrogen) atoms. The van der Waals surface area contributed by atoms with Crippen molar-refractivity contribution >= 4 is 6.08 Å². The van der Waals surface area contributed by atoms with Gasteiger partial charge in [0.1, 0.15) is 0 Å². The first-order valence-corrected chi connectivity index (χ1v) is 4.91. The summed E-state index contributed by atoms with van der Waals surface area (Å²) in [6, 6.07) is 10.3. The van der Waals surface area contributed by atoms with Gasteiger partial charge in [-0.1, -0.05) is 73.9 Å². The lowest BCUT2D eigenvalue weighted by atomic mass is 10.2. The Kier molecular flexibility index (Phi) is 9.02. The Morgan fingerprint density at radius 3 is 2.00 bits per heavy atom. The summed E-state index contributed by atoms with van der Waals surface area (Å²) in [5.74, 6) is 0. The Morgan fingerprint density at radius 2 is 1.53 bits per heavy atom. The molecule has 0 saturated heterocycles. The summed E-state index contributed by atoms with van der Waals surface area (Å²) in [6.07, 6.45) is 10.3. The van der Waals surface area contributed by atoms with Crippen molar-refractivity contribution in [2.24, 2.45) is 0 Å². The maximum Gasteiger partial charge on any atom is -0.0169 e. The van der Waals surface area contributed by atoms with Crippen LogP contribution in [0.4, 0.5) is 0 Å². The fourth-order valence-corrected chi connectivity index (χ4v) is 0.864. The van der Waals surface area contributed by atoms with E-state index in [4.69, 9.17) is 0 Å². The van der Waals surface area contributed by atoms with Gasteiger partial charge in [0.25, 0.3) is 0 Å². The minimum absolute atomic E-state index is 0.939. The molecule has 0 saturated carbocycles. The molecule has 0 nitrogen and oxygen atoms in total. The standard InChI is InChI=1S/C11H12.C4H6/c1-2-3-5-8-11-9-6-4-7-10-11;1-3-4-2/h2,4-10H,1,3H2;3-4H,1-2H2. The molecular formula is C15H18. The van der Waals surface area contributed by atoms with Gasteiger partial charge in [-0.05, 0) is 12.0 Å². The van der Waals surface area contributed by atoms with E-state index in [1.807, 2.05) is 24.3 Å². The first-order valence-electron chi connectivity index (χ1n) is 4.91. The summed E-state index contributed by atoms with van der Waals surface area (Å²) in [6.45, 7) is 10.4. The maximum atomic E-state index is 3.64. The van der Waals surface area contributed by atoms with E-state index in [0.29, 0.717) is 0 Å². The van der Waals surface area contributed by atoms with Crippen LogP contribution in [0.5, 0.6) is 0 Å². The normalized spacial score (nSPS) is 8.80. The number of rotatable bonds is 4. The van der Waals surface area contributed by atoms with E-state index in [0.717, 1.165) is 6.42 Å². The molecule has 0 heteroatoms. The van der Waals surface area contributed by atoms with E-state index < -0.39 is 0 Å². The highest BCUT2D eigenvalue weighted by Gasteiger charge is 1.79. The van der Waals surface area contributed by atoms with E-state index in [-0.39, 0.29) is 0 Å². The SMILES string of the molecule is C=CC=C.C=CCC=Cc1ccccc1. The van der Waals surface area contributed by atoms with Crippen molar-refractivity contribution < 1.29 is 0 Å². The van der Waals surface area contributed by atoms with Crippen LogP contribution in [0.2, 0.25) is 0 Å². The molecule has 0 unspecified atom stereocenters. The largest absolute Gasteiger partial charge is 0.103 e. The molecule has 0 heterocycles. The number of hydrogen-bond acceptors (Lipinski definition) is 0. The zero-order valence-corrected chi connectivity index (χ0v) is 9.10. The summed E-state index contributed by atoms with van der Waals surface area (Å²) in [5, 5.41) is 0. The van der Waals surface area contributed by atoms with Gasteiger partial charge in [-0.25, -0.2) is 0 Å². The lowest BCUT2D eigenvalue weighted by Gasteiger charge is -1.88. The molecule has 0 bridgehead atoms. The number of benzene rings is 1. The molecule has 0 spiro atoms. The van der Waals surface area contributed by atoms with Crippen LogP contribution in [0.25, 0.3) is 6.08 Å². The molecule has 0 aliphatic rings. The van der Waals surface area contributed by atoms with Gasteiger partial charge in [0.05, 0.1) is 0 Å². The first-order chi connectivity index (χ1) is 7.35. The Morgan fingerprint density at radius 1 is 0.933 bits per heavy atom. The van der Waals surface area contributed by atoms with Crippen LogP contribution in [-0.2, 0) is 0 Å². The molecule has 0 fully saturated rings. The lowest BCUT2D eigenvalue weighted by molar-refractivity contribution is 1.42. The highest BCUT2D eigenvalue weighted by molar-refractivity contribution is 5.48. The molecule has 0 radical (unpaired) electrons. The Labute approximate surface area is 93.0 Å². The van der Waals surface area contributed by atoms with Crippen LogP contribution in [0, 0.1) is 0 Å². The summed E-state index contributed by atoms with van der Waals surface area (Å²) >= 11 is 0. The van der Waals surface area contributed by atoms with E-state index in [9.17, 15) is 0 Å². The average molecular weight is 198 g/mol. The molecule has 0 amide bonds. The van der Waals surface area contributed by atoms with Crippen molar-refractivity contribution in [2.45, 2.75) is 6.42 Å². The monoisotopic (exact) mass is 198 g/mol. The van der Waals surface area contributed by atoms with Gasteiger partial charge >= 0.3 is 0 Å². The maximum absolute atomic E-state index is 3.64. The predicted octanol–water partition coefficient (Wildman–Crippen LogP) is 4.63. The third kappa shape index (κ3) is 8.51. The topological polar surface area (TPSA) is 0 Å². The quantitative estimate of drug-likeness (QED) is 0.488. The zero-order valence-electron chi connectivity index (χ0n) is 9.10. The highest BCUT2D eigenvalue weighted by atomic mass is 13.9. The van der Waals surface area contributed by atoms with E-state index in [2.05, 4.69) is 44.0 Å². The van der Waals surface area contributed by atoms with E-state index in [1.165, 1.54) is 5.56 Å². The van der Waals surface area contributed by atoms with Gasteiger partial charge in [0, 0.05) is 0 Å². The van der Waals surface area contributed by atoms with Crippen molar-refractivity contribution in [3.63, 3.8) is 0 Å². The highest BCUT2D eigenvalue weighted by Crippen LogP contribution is 2.01. The summed E-state index contributed by atoms with van der Waals surface area (Å²) in [7, 11) is 0. The zero-order chi connectivity index (χ0) is 11.4. The van der Waals surface area contributed by atoms with Crippen LogP contribution < -0.4 is 0 Å². The molecule has 0 aromatic heterocycles. The Hall–Kier alpha value is -1.82. The van der Waals surface area contributed by atoms with Crippen LogP contribution in [0.15, 0.2) is 74.4 Å². The van der Waals surface area contributed by atoms with Crippen molar-refractivity contribution in [1.29, 1.82) is 0 Å². The minimum Gasteiger partial charge on any atom is -0.103 e. The molecule has 1 aromatic carbocycles. The van der Waals surface area contributed by atoms with Gasteiger partial charge in [-0.15, -0.1) is 6.58 Å². The van der Waals surface area contributed by atoms with Crippen molar-refractivity contribution in [3.8, 4) is 0 Å². The second-order valence-electron chi connectivity index (χ2n) is 2.81. The predicted molar refractivity (Wildman–Crippen MR) is 70.7 cm³/mol.